The van der Waals surface area contributed by atoms with Crippen molar-refractivity contribution >= 4 is 23.2 Å². The summed E-state index contributed by atoms with van der Waals surface area (Å²) >= 11 is 0. The van der Waals surface area contributed by atoms with Gasteiger partial charge in [-0.25, -0.2) is 4.98 Å². The molecule has 0 radical (unpaired) electrons. The van der Waals surface area contributed by atoms with Crippen LogP contribution < -0.4 is 16.0 Å². The molecule has 0 saturated carbocycles. The molecule has 166 valence electrons. The summed E-state index contributed by atoms with van der Waals surface area (Å²) < 4.78 is 5.81. The highest BCUT2D eigenvalue weighted by atomic mass is 16.4. The molecule has 3 N–H and O–H groups in total. The van der Waals surface area contributed by atoms with Gasteiger partial charge in [0, 0.05) is 37.4 Å². The average Bonchev–Trinajstić information content (AvgIpc) is 3.29. The summed E-state index contributed by atoms with van der Waals surface area (Å²) in [6.07, 6.45) is 4.82. The molecule has 7 heteroatoms. The highest BCUT2D eigenvalue weighted by molar-refractivity contribution is 5.94. The van der Waals surface area contributed by atoms with Crippen LogP contribution in [0.2, 0.25) is 0 Å². The van der Waals surface area contributed by atoms with Crippen LogP contribution in [0.4, 0.5) is 11.4 Å². The van der Waals surface area contributed by atoms with E-state index in [-0.39, 0.29) is 17.7 Å². The van der Waals surface area contributed by atoms with Crippen molar-refractivity contribution in [3.63, 3.8) is 0 Å². The number of oxazole rings is 1. The molecule has 0 aliphatic carbocycles. The van der Waals surface area contributed by atoms with Gasteiger partial charge < -0.3 is 20.4 Å². The molecule has 4 rings (SSSR count). The largest absolute Gasteiger partial charge is 0.441 e. The van der Waals surface area contributed by atoms with Crippen LogP contribution in [0.25, 0.3) is 11.3 Å². The van der Waals surface area contributed by atoms with E-state index in [1.165, 1.54) is 0 Å². The molecule has 0 atom stereocenters. The van der Waals surface area contributed by atoms with Gasteiger partial charge in [0.25, 0.3) is 0 Å². The quantitative estimate of drug-likeness (QED) is 0.560. The maximum absolute atomic E-state index is 12.6. The standard InChI is InChI=1S/C25H28N4O3/c26-25(31)19-13-15-29(16-14-19)21-10-5-4-9-20(21)28-23(30)11-6-12-24-27-17-22(32-24)18-7-2-1-3-8-18/h1-5,7-10,17,19H,6,11-16H2,(H2,26,31)(H,28,30). The molecule has 0 spiro atoms. The lowest BCUT2D eigenvalue weighted by Crippen LogP contribution is -2.38. The maximum atomic E-state index is 12.6. The van der Waals surface area contributed by atoms with Crippen LogP contribution in [0.15, 0.2) is 65.2 Å². The number of carbonyl (C=O) groups excluding carboxylic acids is 2. The van der Waals surface area contributed by atoms with E-state index in [4.69, 9.17) is 10.2 Å². The molecule has 2 aromatic carbocycles. The Morgan fingerprint density at radius 3 is 2.53 bits per heavy atom. The molecule has 1 saturated heterocycles. The van der Waals surface area contributed by atoms with E-state index < -0.39 is 0 Å². The second-order valence-corrected chi connectivity index (χ2v) is 8.07. The number of aryl methyl sites for hydroxylation is 1. The summed E-state index contributed by atoms with van der Waals surface area (Å²) in [5.74, 6) is 1.03. The van der Waals surface area contributed by atoms with E-state index in [1.807, 2.05) is 54.6 Å². The number of carbonyl (C=O) groups is 2. The Balaban J connectivity index is 1.29. The number of anilines is 2. The Morgan fingerprint density at radius 2 is 1.78 bits per heavy atom. The van der Waals surface area contributed by atoms with Crippen LogP contribution in [0.1, 0.15) is 31.6 Å². The third kappa shape index (κ3) is 5.35. The van der Waals surface area contributed by atoms with Gasteiger partial charge in [-0.2, -0.15) is 0 Å². The Hall–Kier alpha value is -3.61. The first-order chi connectivity index (χ1) is 15.6. The summed E-state index contributed by atoms with van der Waals surface area (Å²) in [6.45, 7) is 1.49. The van der Waals surface area contributed by atoms with Crippen LogP contribution in [0.5, 0.6) is 0 Å². The number of hydrogen-bond acceptors (Lipinski definition) is 5. The third-order valence-electron chi connectivity index (χ3n) is 5.82. The lowest BCUT2D eigenvalue weighted by Gasteiger charge is -2.33. The summed E-state index contributed by atoms with van der Waals surface area (Å²) in [6, 6.07) is 17.6. The van der Waals surface area contributed by atoms with Crippen molar-refractivity contribution < 1.29 is 14.0 Å². The summed E-state index contributed by atoms with van der Waals surface area (Å²) in [5, 5.41) is 3.04. The fourth-order valence-electron chi connectivity index (χ4n) is 4.03. The van der Waals surface area contributed by atoms with Gasteiger partial charge >= 0.3 is 0 Å². The normalized spacial score (nSPS) is 14.3. The number of rotatable bonds is 8. The van der Waals surface area contributed by atoms with Gasteiger partial charge in [0.05, 0.1) is 17.6 Å². The molecule has 32 heavy (non-hydrogen) atoms. The predicted octanol–water partition coefficient (Wildman–Crippen LogP) is 4.00. The van der Waals surface area contributed by atoms with Crippen molar-refractivity contribution in [1.29, 1.82) is 0 Å². The number of amides is 2. The van der Waals surface area contributed by atoms with Crippen molar-refractivity contribution in [2.75, 3.05) is 23.3 Å². The number of nitrogens with one attached hydrogen (secondary N) is 1. The fraction of sp³-hybridized carbons (Fsp3) is 0.320. The predicted molar refractivity (Wildman–Crippen MR) is 124 cm³/mol. The second kappa shape index (κ2) is 10.1. The van der Waals surface area contributed by atoms with Crippen LogP contribution >= 0.6 is 0 Å². The molecule has 1 aliphatic heterocycles. The maximum Gasteiger partial charge on any atom is 0.224 e. The van der Waals surface area contributed by atoms with Gasteiger partial charge in [0.1, 0.15) is 0 Å². The lowest BCUT2D eigenvalue weighted by molar-refractivity contribution is -0.122. The first kappa shape index (κ1) is 21.6. The van der Waals surface area contributed by atoms with E-state index in [2.05, 4.69) is 15.2 Å². The molecule has 7 nitrogen and oxygen atoms in total. The van der Waals surface area contributed by atoms with E-state index in [0.29, 0.717) is 25.2 Å². The monoisotopic (exact) mass is 432 g/mol. The van der Waals surface area contributed by atoms with Crippen molar-refractivity contribution in [2.45, 2.75) is 32.1 Å². The van der Waals surface area contributed by atoms with Gasteiger partial charge in [0.2, 0.25) is 11.8 Å². The zero-order valence-electron chi connectivity index (χ0n) is 18.0. The molecule has 3 aromatic rings. The number of aromatic nitrogens is 1. The number of piperidine rings is 1. The average molecular weight is 433 g/mol. The van der Waals surface area contributed by atoms with Gasteiger partial charge in [-0.05, 0) is 31.4 Å². The Morgan fingerprint density at radius 1 is 1.06 bits per heavy atom. The van der Waals surface area contributed by atoms with Crippen molar-refractivity contribution in [2.24, 2.45) is 11.7 Å². The first-order valence-corrected chi connectivity index (χ1v) is 11.0. The SMILES string of the molecule is NC(=O)C1CCN(c2ccccc2NC(=O)CCCc2ncc(-c3ccccc3)o2)CC1. The number of nitrogens with two attached hydrogens (primary N) is 1. The molecule has 1 aliphatic rings. The van der Waals surface area contributed by atoms with Gasteiger partial charge in [-0.15, -0.1) is 0 Å². The van der Waals surface area contributed by atoms with Crippen LogP contribution in [-0.4, -0.2) is 29.9 Å². The van der Waals surface area contributed by atoms with E-state index in [0.717, 1.165) is 48.6 Å². The Labute approximate surface area is 187 Å². The fourth-order valence-corrected chi connectivity index (χ4v) is 4.03. The van der Waals surface area contributed by atoms with Gasteiger partial charge in [-0.3, -0.25) is 9.59 Å². The molecule has 0 unspecified atom stereocenters. The topological polar surface area (TPSA) is 101 Å². The van der Waals surface area contributed by atoms with Crippen LogP contribution in [-0.2, 0) is 16.0 Å². The molecule has 2 heterocycles. The smallest absolute Gasteiger partial charge is 0.224 e. The van der Waals surface area contributed by atoms with Crippen molar-refractivity contribution in [1.82, 2.24) is 4.98 Å². The molecular formula is C25H28N4O3. The Bertz CT molecular complexity index is 1060. The van der Waals surface area contributed by atoms with Gasteiger partial charge in [-0.1, -0.05) is 42.5 Å². The highest BCUT2D eigenvalue weighted by Crippen LogP contribution is 2.30. The number of para-hydroxylation sites is 2. The highest BCUT2D eigenvalue weighted by Gasteiger charge is 2.24. The summed E-state index contributed by atoms with van der Waals surface area (Å²) in [7, 11) is 0. The number of benzene rings is 2. The number of hydrogen-bond donors (Lipinski definition) is 2. The second-order valence-electron chi connectivity index (χ2n) is 8.07. The molecule has 0 bridgehead atoms. The van der Waals surface area contributed by atoms with E-state index in [1.54, 1.807) is 6.20 Å². The zero-order chi connectivity index (χ0) is 22.3. The van der Waals surface area contributed by atoms with Crippen molar-refractivity contribution in [3.8, 4) is 11.3 Å². The van der Waals surface area contributed by atoms with Crippen LogP contribution in [0.3, 0.4) is 0 Å². The number of nitrogens with zero attached hydrogens (tertiary/aromatic N) is 2. The molecule has 1 aromatic heterocycles. The third-order valence-corrected chi connectivity index (χ3v) is 5.82. The molecule has 2 amide bonds. The van der Waals surface area contributed by atoms with E-state index >= 15 is 0 Å². The lowest BCUT2D eigenvalue weighted by atomic mass is 9.96. The Kier molecular flexibility index (Phi) is 6.84. The van der Waals surface area contributed by atoms with Gasteiger partial charge in [0.15, 0.2) is 11.7 Å². The zero-order valence-corrected chi connectivity index (χ0v) is 18.0. The summed E-state index contributed by atoms with van der Waals surface area (Å²) in [5.41, 5.74) is 8.19. The first-order valence-electron chi connectivity index (χ1n) is 11.0. The number of primary amides is 1. The minimum atomic E-state index is -0.229. The molecular weight excluding hydrogens is 404 g/mol. The minimum Gasteiger partial charge on any atom is -0.441 e. The minimum absolute atomic E-state index is 0.0423. The van der Waals surface area contributed by atoms with Crippen LogP contribution in [0, 0.1) is 5.92 Å². The van der Waals surface area contributed by atoms with Crippen molar-refractivity contribution in [3.05, 3.63) is 66.7 Å². The molecule has 1 fully saturated rings. The summed E-state index contributed by atoms with van der Waals surface area (Å²) in [4.78, 5) is 30.5. The van der Waals surface area contributed by atoms with E-state index in [9.17, 15) is 9.59 Å².